The van der Waals surface area contributed by atoms with Gasteiger partial charge < -0.3 is 11.1 Å². The molecule has 0 aromatic carbocycles. The van der Waals surface area contributed by atoms with Crippen molar-refractivity contribution in [1.82, 2.24) is 10.3 Å². The summed E-state index contributed by atoms with van der Waals surface area (Å²) in [5, 5.41) is 7.73. The lowest BCUT2D eigenvalue weighted by Gasteiger charge is -2.16. The predicted molar refractivity (Wildman–Crippen MR) is 153 cm³/mol. The Morgan fingerprint density at radius 3 is 2.26 bits per heavy atom. The van der Waals surface area contributed by atoms with Crippen LogP contribution in [0.25, 0.3) is 0 Å². The van der Waals surface area contributed by atoms with E-state index >= 15 is 0 Å². The highest BCUT2D eigenvalue weighted by molar-refractivity contribution is 7.99. The number of carbonyl (C=O) groups is 2. The number of hydrogen-bond acceptors (Lipinski definition) is 6. The van der Waals surface area contributed by atoms with Crippen LogP contribution < -0.4 is 16.4 Å². The minimum atomic E-state index is -0.841. The van der Waals surface area contributed by atoms with Crippen molar-refractivity contribution in [2.75, 3.05) is 16.8 Å². The SMILES string of the molecule is CC(=CCSCC(Nc1nccs1)C(=O)NC(N)=O)CCCC(C)CCCC(C)CCCC(C)C. The quantitative estimate of drug-likeness (QED) is 0.131. The molecule has 0 aliphatic rings. The molecule has 0 spiro atoms. The number of hydrogen-bond donors (Lipinski definition) is 3. The largest absolute Gasteiger partial charge is 0.351 e. The van der Waals surface area contributed by atoms with E-state index in [1.54, 1.807) is 18.0 Å². The van der Waals surface area contributed by atoms with Gasteiger partial charge in [-0.05, 0) is 37.5 Å². The van der Waals surface area contributed by atoms with Gasteiger partial charge in [0.1, 0.15) is 6.04 Å². The van der Waals surface area contributed by atoms with Crippen LogP contribution in [-0.4, -0.2) is 34.5 Å². The van der Waals surface area contributed by atoms with E-state index in [0.717, 1.165) is 29.9 Å². The van der Waals surface area contributed by atoms with Crippen LogP contribution in [0.3, 0.4) is 0 Å². The number of primary amides is 1. The molecule has 1 aromatic heterocycles. The molecule has 0 aliphatic heterocycles. The highest BCUT2D eigenvalue weighted by atomic mass is 32.2. The van der Waals surface area contributed by atoms with Crippen molar-refractivity contribution < 1.29 is 9.59 Å². The Morgan fingerprint density at radius 2 is 1.69 bits per heavy atom. The van der Waals surface area contributed by atoms with Crippen LogP contribution in [0.15, 0.2) is 23.2 Å². The fourth-order valence-corrected chi connectivity index (χ4v) is 5.62. The van der Waals surface area contributed by atoms with Gasteiger partial charge in [-0.25, -0.2) is 9.78 Å². The van der Waals surface area contributed by atoms with Crippen molar-refractivity contribution in [2.24, 2.45) is 23.5 Å². The smallest absolute Gasteiger partial charge is 0.318 e. The summed E-state index contributed by atoms with van der Waals surface area (Å²) in [4.78, 5) is 27.5. The summed E-state index contributed by atoms with van der Waals surface area (Å²) in [6.07, 6.45) is 15.7. The number of nitrogens with one attached hydrogen (secondary N) is 2. The molecule has 35 heavy (non-hydrogen) atoms. The number of nitrogens with zero attached hydrogens (tertiary/aromatic N) is 1. The highest BCUT2D eigenvalue weighted by Gasteiger charge is 2.20. The summed E-state index contributed by atoms with van der Waals surface area (Å²) in [6, 6.07) is -1.40. The van der Waals surface area contributed by atoms with Gasteiger partial charge in [0.05, 0.1) is 0 Å². The number of nitrogens with two attached hydrogens (primary N) is 1. The fraction of sp³-hybridized carbons (Fsp3) is 0.741. The molecule has 0 saturated heterocycles. The summed E-state index contributed by atoms with van der Waals surface area (Å²) in [5.41, 5.74) is 6.50. The molecule has 1 heterocycles. The third kappa shape index (κ3) is 16.7. The molecule has 3 unspecified atom stereocenters. The number of thioether (sulfide) groups is 1. The highest BCUT2D eigenvalue weighted by Crippen LogP contribution is 2.22. The van der Waals surface area contributed by atoms with Crippen molar-refractivity contribution >= 4 is 40.2 Å². The maximum absolute atomic E-state index is 12.3. The second kappa shape index (κ2) is 18.7. The topological polar surface area (TPSA) is 97.1 Å². The van der Waals surface area contributed by atoms with Crippen LogP contribution in [0.2, 0.25) is 0 Å². The van der Waals surface area contributed by atoms with E-state index < -0.39 is 18.0 Å². The second-order valence-electron chi connectivity index (χ2n) is 10.3. The van der Waals surface area contributed by atoms with Gasteiger partial charge in [-0.2, -0.15) is 11.8 Å². The molecule has 4 N–H and O–H groups in total. The minimum absolute atomic E-state index is 0.431. The number of anilines is 1. The first-order valence-corrected chi connectivity index (χ1v) is 15.2. The number of thiazole rings is 1. The Hall–Kier alpha value is -1.54. The molecule has 0 radical (unpaired) electrons. The molecule has 1 aromatic rings. The molecule has 200 valence electrons. The van der Waals surface area contributed by atoms with E-state index in [-0.39, 0.29) is 0 Å². The number of imide groups is 1. The number of carbonyl (C=O) groups excluding carboxylic acids is 2. The Morgan fingerprint density at radius 1 is 1.06 bits per heavy atom. The van der Waals surface area contributed by atoms with E-state index in [4.69, 9.17) is 5.73 Å². The van der Waals surface area contributed by atoms with Gasteiger partial charge in [0, 0.05) is 23.1 Å². The summed E-state index contributed by atoms with van der Waals surface area (Å²) >= 11 is 3.07. The normalized spacial score (nSPS) is 14.5. The summed E-state index contributed by atoms with van der Waals surface area (Å²) in [6.45, 7) is 11.6. The van der Waals surface area contributed by atoms with Crippen LogP contribution in [0.1, 0.15) is 92.4 Å². The first kappa shape index (κ1) is 31.5. The van der Waals surface area contributed by atoms with E-state index in [2.05, 4.69) is 56.3 Å². The summed E-state index contributed by atoms with van der Waals surface area (Å²) in [5.74, 6) is 3.41. The monoisotopic (exact) mass is 524 g/mol. The van der Waals surface area contributed by atoms with Crippen LogP contribution in [0.4, 0.5) is 9.93 Å². The van der Waals surface area contributed by atoms with Gasteiger partial charge in [0.15, 0.2) is 5.13 Å². The summed E-state index contributed by atoms with van der Waals surface area (Å²) in [7, 11) is 0. The van der Waals surface area contributed by atoms with Crippen molar-refractivity contribution in [3.05, 3.63) is 23.2 Å². The molecule has 3 atom stereocenters. The van der Waals surface area contributed by atoms with Gasteiger partial charge in [0.25, 0.3) is 5.91 Å². The zero-order valence-electron chi connectivity index (χ0n) is 22.5. The molecule has 0 bridgehead atoms. The zero-order chi connectivity index (χ0) is 26.1. The second-order valence-corrected chi connectivity index (χ2v) is 12.3. The average Bonchev–Trinajstić information content (AvgIpc) is 3.28. The van der Waals surface area contributed by atoms with Gasteiger partial charge in [-0.3, -0.25) is 10.1 Å². The molecule has 0 saturated carbocycles. The molecule has 3 amide bonds. The fourth-order valence-electron chi connectivity index (χ4n) is 4.03. The van der Waals surface area contributed by atoms with E-state index in [1.807, 2.05) is 5.38 Å². The summed E-state index contributed by atoms with van der Waals surface area (Å²) < 4.78 is 0. The molecular weight excluding hydrogens is 476 g/mol. The van der Waals surface area contributed by atoms with Crippen molar-refractivity contribution in [2.45, 2.75) is 98.4 Å². The van der Waals surface area contributed by atoms with Crippen molar-refractivity contribution in [1.29, 1.82) is 0 Å². The van der Waals surface area contributed by atoms with Crippen LogP contribution in [0, 0.1) is 17.8 Å². The first-order chi connectivity index (χ1) is 16.7. The maximum Gasteiger partial charge on any atom is 0.318 e. The van der Waals surface area contributed by atoms with Gasteiger partial charge >= 0.3 is 6.03 Å². The third-order valence-corrected chi connectivity index (χ3v) is 7.94. The molecule has 0 aliphatic carbocycles. The van der Waals surface area contributed by atoms with Crippen LogP contribution in [-0.2, 0) is 4.79 Å². The number of aromatic nitrogens is 1. The van der Waals surface area contributed by atoms with Gasteiger partial charge in [0.2, 0.25) is 0 Å². The van der Waals surface area contributed by atoms with Gasteiger partial charge in [-0.15, -0.1) is 11.3 Å². The molecule has 0 fully saturated rings. The lowest BCUT2D eigenvalue weighted by molar-refractivity contribution is -0.120. The van der Waals surface area contributed by atoms with E-state index in [0.29, 0.717) is 10.9 Å². The maximum atomic E-state index is 12.3. The van der Waals surface area contributed by atoms with E-state index in [1.165, 1.54) is 68.3 Å². The predicted octanol–water partition coefficient (Wildman–Crippen LogP) is 7.24. The Labute approximate surface area is 221 Å². The zero-order valence-corrected chi connectivity index (χ0v) is 24.1. The van der Waals surface area contributed by atoms with E-state index in [9.17, 15) is 9.59 Å². The molecule has 6 nitrogen and oxygen atoms in total. The van der Waals surface area contributed by atoms with Crippen molar-refractivity contribution in [3.8, 4) is 0 Å². The van der Waals surface area contributed by atoms with Crippen LogP contribution >= 0.6 is 23.1 Å². The number of rotatable bonds is 19. The third-order valence-electron chi connectivity index (χ3n) is 6.27. The Balaban J connectivity index is 2.22. The standard InChI is InChI=1S/C27H48N4O2S2/c1-20(2)9-6-10-21(3)11-7-12-22(4)13-8-14-23(5)15-17-34-19-24(25(32)31-26(28)33)30-27-29-16-18-35-27/h15-16,18,20-22,24H,6-14,17,19H2,1-5H3,(H,29,30)(H3,28,31,32,33). The minimum Gasteiger partial charge on any atom is -0.351 e. The Bertz CT molecular complexity index is 738. The number of amides is 3. The number of urea groups is 1. The van der Waals surface area contributed by atoms with Gasteiger partial charge in [-0.1, -0.05) is 84.3 Å². The Kier molecular flexibility index (Phi) is 16.8. The average molecular weight is 525 g/mol. The molecular formula is C27H48N4O2S2. The molecule has 1 rings (SSSR count). The first-order valence-electron chi connectivity index (χ1n) is 13.2. The van der Waals surface area contributed by atoms with Crippen molar-refractivity contribution in [3.63, 3.8) is 0 Å². The lowest BCUT2D eigenvalue weighted by Crippen LogP contribution is -2.46. The molecule has 8 heteroatoms. The van der Waals surface area contributed by atoms with Crippen LogP contribution in [0.5, 0.6) is 0 Å². The lowest BCUT2D eigenvalue weighted by atomic mass is 9.91. The number of allylic oxidation sites excluding steroid dienone is 1.